The SMILES string of the molecule is CCCCC[CH2][Cs].O[Si](O)(O)O. The Kier molecular flexibility index (Phi) is 15.4. The standard InChI is InChI=1S/C6H13.Cs.H4O4Si/c1-3-5-6-4-2;;1-5(2,3)4/h1,3-6H2,2H3;;1-4H. The first kappa shape index (κ1) is 16.5. The van der Waals surface area contributed by atoms with Gasteiger partial charge in [0.1, 0.15) is 0 Å². The number of hydrogen-bond donors (Lipinski definition) is 4. The fourth-order valence-electron chi connectivity index (χ4n) is 0.677. The number of rotatable bonds is 4. The maximum Gasteiger partial charge on any atom is 0.668 e. The van der Waals surface area contributed by atoms with Crippen molar-refractivity contribution in [1.82, 2.24) is 0 Å². The Hall–Kier alpha value is 2.11. The summed E-state index contributed by atoms with van der Waals surface area (Å²) in [4.78, 5) is 29.3. The molecule has 0 aliphatic rings. The van der Waals surface area contributed by atoms with Crippen LogP contribution < -0.4 is 0 Å². The predicted octanol–water partition coefficient (Wildman–Crippen LogP) is -0.455. The van der Waals surface area contributed by atoms with Gasteiger partial charge < -0.3 is 19.2 Å². The van der Waals surface area contributed by atoms with Gasteiger partial charge in [-0.2, -0.15) is 0 Å². The Morgan fingerprint density at radius 2 is 1.42 bits per heavy atom. The monoisotopic (exact) mass is 314 g/mol. The van der Waals surface area contributed by atoms with Crippen molar-refractivity contribution >= 4 is 75.0 Å². The van der Waals surface area contributed by atoms with E-state index in [1.807, 2.05) is 0 Å². The summed E-state index contributed by atoms with van der Waals surface area (Å²) in [5, 5.41) is 0. The quantitative estimate of drug-likeness (QED) is 0.418. The molecule has 0 atom stereocenters. The number of hydrogen-bond acceptors (Lipinski definition) is 4. The summed E-state index contributed by atoms with van der Waals surface area (Å²) in [6.45, 7) is 2.26. The van der Waals surface area contributed by atoms with Crippen LogP contribution in [0.15, 0.2) is 0 Å². The van der Waals surface area contributed by atoms with Gasteiger partial charge in [0.05, 0.1) is 0 Å². The first-order valence-electron chi connectivity index (χ1n) is 4.31. The van der Waals surface area contributed by atoms with Crippen LogP contribution in [-0.4, -0.2) is 94.2 Å². The van der Waals surface area contributed by atoms with E-state index in [4.69, 9.17) is 19.2 Å². The van der Waals surface area contributed by atoms with E-state index in [9.17, 15) is 0 Å². The van der Waals surface area contributed by atoms with Gasteiger partial charge in [0, 0.05) is 0 Å². The molecule has 0 aromatic rings. The van der Waals surface area contributed by atoms with E-state index in [-0.39, 0.29) is 0 Å². The van der Waals surface area contributed by atoms with E-state index in [1.54, 1.807) is -2.15 Å². The Morgan fingerprint density at radius 1 is 1.00 bits per heavy atom. The zero-order chi connectivity index (χ0) is 10.0. The van der Waals surface area contributed by atoms with Gasteiger partial charge in [-0.05, 0) is 0 Å². The van der Waals surface area contributed by atoms with Crippen molar-refractivity contribution in [2.24, 2.45) is 0 Å². The van der Waals surface area contributed by atoms with Crippen molar-refractivity contribution in [3.05, 3.63) is 0 Å². The van der Waals surface area contributed by atoms with Crippen LogP contribution in [0.25, 0.3) is 0 Å². The van der Waals surface area contributed by atoms with Crippen LogP contribution in [0.4, 0.5) is 0 Å². The van der Waals surface area contributed by atoms with Gasteiger partial charge >= 0.3 is 105 Å². The molecular weight excluding hydrogens is 297 g/mol. The molecule has 0 radical (unpaired) electrons. The topological polar surface area (TPSA) is 80.9 Å². The minimum Gasteiger partial charge on any atom is -0.368 e. The molecule has 4 N–H and O–H groups in total. The molecule has 0 fully saturated rings. The average Bonchev–Trinajstić information content (AvgIpc) is 1.85. The van der Waals surface area contributed by atoms with E-state index < -0.39 is 9.05 Å². The van der Waals surface area contributed by atoms with Gasteiger partial charge in [0.25, 0.3) is 0 Å². The largest absolute Gasteiger partial charge is 0.668 e. The molecule has 12 heavy (non-hydrogen) atoms. The first-order chi connectivity index (χ1) is 5.41. The molecule has 0 rings (SSSR count). The molecule has 0 aromatic carbocycles. The molecule has 0 aliphatic heterocycles. The Balaban J connectivity index is 0. The summed E-state index contributed by atoms with van der Waals surface area (Å²) in [5.74, 6) is 0. The third-order valence-electron chi connectivity index (χ3n) is 1.21. The fraction of sp³-hybridized carbons (Fsp3) is 1.00. The summed E-state index contributed by atoms with van der Waals surface area (Å²) in [5.41, 5.74) is 0. The van der Waals surface area contributed by atoms with Gasteiger partial charge in [-0.1, -0.05) is 0 Å². The van der Waals surface area contributed by atoms with Gasteiger partial charge in [0.2, 0.25) is 0 Å². The molecule has 0 saturated heterocycles. The summed E-state index contributed by atoms with van der Waals surface area (Å²) in [6.07, 6.45) is 5.86. The van der Waals surface area contributed by atoms with Crippen LogP contribution >= 0.6 is 0 Å². The van der Waals surface area contributed by atoms with Gasteiger partial charge in [0.15, 0.2) is 0 Å². The molecule has 0 amide bonds. The zero-order valence-electron chi connectivity index (χ0n) is 7.82. The van der Waals surface area contributed by atoms with Crippen LogP contribution in [0.5, 0.6) is 0 Å². The van der Waals surface area contributed by atoms with Crippen molar-refractivity contribution in [3.8, 4) is 0 Å². The first-order valence-corrected chi connectivity index (χ1v) is 10.5. The molecule has 70 valence electrons. The molecule has 6 heteroatoms. The summed E-state index contributed by atoms with van der Waals surface area (Å²) >= 11 is 0.902. The van der Waals surface area contributed by atoms with Gasteiger partial charge in [-0.15, -0.1) is 0 Å². The summed E-state index contributed by atoms with van der Waals surface area (Å²) < 4.78 is 1.58. The van der Waals surface area contributed by atoms with Crippen molar-refractivity contribution < 1.29 is 19.2 Å². The molecule has 4 nitrogen and oxygen atoms in total. The predicted molar refractivity (Wildman–Crippen MR) is 49.3 cm³/mol. The van der Waals surface area contributed by atoms with Crippen LogP contribution in [-0.2, 0) is 0 Å². The molecular formula is C6H17CsO4Si. The summed E-state index contributed by atoms with van der Waals surface area (Å²) in [6, 6.07) is 0. The van der Waals surface area contributed by atoms with Crippen LogP contribution in [0, 0.1) is 0 Å². The fourth-order valence-corrected chi connectivity index (χ4v) is 2.25. The van der Waals surface area contributed by atoms with Crippen molar-refractivity contribution in [3.63, 3.8) is 0 Å². The average molecular weight is 314 g/mol. The molecule has 0 saturated carbocycles. The van der Waals surface area contributed by atoms with Gasteiger partial charge in [-0.3, -0.25) is 0 Å². The maximum atomic E-state index is 7.33. The van der Waals surface area contributed by atoms with E-state index in [2.05, 4.69) is 6.92 Å². The Bertz CT molecular complexity index is 76.1. The molecule has 0 aromatic heterocycles. The number of unbranched alkanes of at least 4 members (excludes halogenated alkanes) is 3. The molecule has 0 spiro atoms. The maximum absolute atomic E-state index is 7.33. The van der Waals surface area contributed by atoms with Crippen molar-refractivity contribution in [2.45, 2.75) is 30.5 Å². The van der Waals surface area contributed by atoms with Gasteiger partial charge in [-0.25, -0.2) is 0 Å². The minimum absolute atomic E-state index is 0.902. The molecule has 0 aliphatic carbocycles. The Morgan fingerprint density at radius 3 is 1.67 bits per heavy atom. The van der Waals surface area contributed by atoms with Crippen molar-refractivity contribution in [2.75, 3.05) is 0 Å². The smallest absolute Gasteiger partial charge is 0.368 e. The zero-order valence-corrected chi connectivity index (χ0v) is 15.1. The molecule has 0 heterocycles. The van der Waals surface area contributed by atoms with Crippen LogP contribution in [0.3, 0.4) is 0 Å². The van der Waals surface area contributed by atoms with Crippen LogP contribution in [0.1, 0.15) is 32.6 Å². The third kappa shape index (κ3) is 40.0. The second kappa shape index (κ2) is 11.2. The van der Waals surface area contributed by atoms with Crippen LogP contribution in [0.2, 0.25) is -2.15 Å². The van der Waals surface area contributed by atoms with Crippen molar-refractivity contribution in [1.29, 1.82) is 0 Å². The second-order valence-corrected chi connectivity index (χ2v) is 7.00. The van der Waals surface area contributed by atoms with E-state index in [0.29, 0.717) is 0 Å². The van der Waals surface area contributed by atoms with E-state index in [0.717, 1.165) is 65.9 Å². The summed E-state index contributed by atoms with van der Waals surface area (Å²) in [7, 11) is -4.61. The minimum atomic E-state index is -4.61. The van der Waals surface area contributed by atoms with E-state index in [1.165, 1.54) is 25.7 Å². The molecule has 0 bridgehead atoms. The second-order valence-electron chi connectivity index (χ2n) is 2.66. The third-order valence-corrected chi connectivity index (χ3v) is 3.43. The Labute approximate surface area is 122 Å². The van der Waals surface area contributed by atoms with E-state index >= 15 is 0 Å². The molecule has 0 unspecified atom stereocenters. The normalized spacial score (nSPS) is 10.6.